The highest BCUT2D eigenvalue weighted by molar-refractivity contribution is 5.98. The van der Waals surface area contributed by atoms with Crippen LogP contribution in [0.25, 0.3) is 10.8 Å². The maximum atomic E-state index is 13.9. The molecule has 0 saturated carbocycles. The van der Waals surface area contributed by atoms with Gasteiger partial charge in [0.05, 0.1) is 6.04 Å². The Hall–Kier alpha value is -3.28. The van der Waals surface area contributed by atoms with Gasteiger partial charge in [0, 0.05) is 0 Å². The molecule has 2 N–H and O–H groups in total. The van der Waals surface area contributed by atoms with Crippen molar-refractivity contribution in [1.29, 1.82) is 0 Å². The molecular weight excluding hydrogens is 386 g/mol. The second kappa shape index (κ2) is 9.03. The van der Waals surface area contributed by atoms with E-state index in [4.69, 9.17) is 0 Å². The molecule has 0 fully saturated rings. The third kappa shape index (κ3) is 4.48. The zero-order chi connectivity index (χ0) is 21.8. The van der Waals surface area contributed by atoms with Gasteiger partial charge in [-0.25, -0.2) is 8.78 Å². The number of nitrogens with one attached hydrogen (secondary N) is 2. The largest absolute Gasteiger partial charge is 0.348 e. The summed E-state index contributed by atoms with van der Waals surface area (Å²) < 4.78 is 27.9. The smallest absolute Gasteiger partial charge is 0.257 e. The molecule has 0 saturated heterocycles. The number of benzene rings is 3. The topological polar surface area (TPSA) is 58.2 Å². The molecule has 0 radical (unpaired) electrons. The van der Waals surface area contributed by atoms with Crippen molar-refractivity contribution in [3.05, 3.63) is 83.4 Å². The molecule has 0 aliphatic rings. The van der Waals surface area contributed by atoms with Crippen LogP contribution >= 0.6 is 0 Å². The highest BCUT2D eigenvalue weighted by atomic mass is 19.1. The summed E-state index contributed by atoms with van der Waals surface area (Å²) in [5.74, 6) is -3.62. The zero-order valence-electron chi connectivity index (χ0n) is 17.1. The van der Waals surface area contributed by atoms with Gasteiger partial charge in [-0.15, -0.1) is 0 Å². The van der Waals surface area contributed by atoms with Crippen LogP contribution in [0.4, 0.5) is 8.78 Å². The number of rotatable bonds is 6. The molecule has 2 unspecified atom stereocenters. The quantitative estimate of drug-likeness (QED) is 0.616. The van der Waals surface area contributed by atoms with E-state index in [2.05, 4.69) is 10.6 Å². The molecule has 3 aromatic rings. The monoisotopic (exact) mass is 410 g/mol. The summed E-state index contributed by atoms with van der Waals surface area (Å²) in [5, 5.41) is 7.47. The van der Waals surface area contributed by atoms with Gasteiger partial charge in [-0.1, -0.05) is 62.4 Å². The zero-order valence-corrected chi connectivity index (χ0v) is 17.1. The molecular formula is C24H24F2N2O2. The summed E-state index contributed by atoms with van der Waals surface area (Å²) in [7, 11) is 0. The van der Waals surface area contributed by atoms with Crippen molar-refractivity contribution in [2.75, 3.05) is 0 Å². The van der Waals surface area contributed by atoms with Crippen molar-refractivity contribution in [1.82, 2.24) is 10.6 Å². The van der Waals surface area contributed by atoms with Crippen molar-refractivity contribution in [2.45, 2.75) is 32.9 Å². The van der Waals surface area contributed by atoms with Crippen LogP contribution in [-0.2, 0) is 4.79 Å². The van der Waals surface area contributed by atoms with E-state index >= 15 is 0 Å². The number of hydrogen-bond donors (Lipinski definition) is 2. The van der Waals surface area contributed by atoms with Gasteiger partial charge in [0.1, 0.15) is 23.2 Å². The minimum absolute atomic E-state index is 0.288. The molecule has 0 aliphatic carbocycles. The van der Waals surface area contributed by atoms with Crippen molar-refractivity contribution in [3.8, 4) is 0 Å². The molecule has 6 heteroatoms. The van der Waals surface area contributed by atoms with Crippen LogP contribution in [0.2, 0.25) is 0 Å². The van der Waals surface area contributed by atoms with Gasteiger partial charge in [0.25, 0.3) is 5.91 Å². The van der Waals surface area contributed by atoms with Crippen LogP contribution in [0.3, 0.4) is 0 Å². The Morgan fingerprint density at radius 2 is 1.40 bits per heavy atom. The van der Waals surface area contributed by atoms with E-state index in [0.717, 1.165) is 28.5 Å². The molecule has 3 rings (SSSR count). The van der Waals surface area contributed by atoms with Crippen LogP contribution in [0.15, 0.2) is 60.7 Å². The summed E-state index contributed by atoms with van der Waals surface area (Å²) >= 11 is 0. The second-order valence-corrected chi connectivity index (χ2v) is 7.59. The SMILES string of the molecule is CC(NC(=O)C(NC(=O)c1c(F)cccc1F)C(C)C)c1cccc2ccccc12. The predicted molar refractivity (Wildman–Crippen MR) is 113 cm³/mol. The summed E-state index contributed by atoms with van der Waals surface area (Å²) in [6.45, 7) is 5.37. The van der Waals surface area contributed by atoms with E-state index in [-0.39, 0.29) is 12.0 Å². The maximum Gasteiger partial charge on any atom is 0.257 e. The first-order chi connectivity index (χ1) is 14.3. The van der Waals surface area contributed by atoms with Crippen LogP contribution in [0, 0.1) is 17.6 Å². The number of fused-ring (bicyclic) bond motifs is 1. The molecule has 30 heavy (non-hydrogen) atoms. The first kappa shape index (κ1) is 21.4. The molecule has 2 atom stereocenters. The van der Waals surface area contributed by atoms with Crippen molar-refractivity contribution in [2.24, 2.45) is 5.92 Å². The Balaban J connectivity index is 1.79. The lowest BCUT2D eigenvalue weighted by atomic mass is 9.98. The number of amides is 2. The van der Waals surface area contributed by atoms with E-state index in [1.54, 1.807) is 13.8 Å². The number of halogens is 2. The second-order valence-electron chi connectivity index (χ2n) is 7.59. The molecule has 0 heterocycles. The van der Waals surface area contributed by atoms with Crippen molar-refractivity contribution in [3.63, 3.8) is 0 Å². The molecule has 2 amide bonds. The van der Waals surface area contributed by atoms with E-state index in [1.165, 1.54) is 6.07 Å². The number of hydrogen-bond acceptors (Lipinski definition) is 2. The minimum Gasteiger partial charge on any atom is -0.348 e. The fourth-order valence-electron chi connectivity index (χ4n) is 3.47. The van der Waals surface area contributed by atoms with Gasteiger partial charge in [-0.2, -0.15) is 0 Å². The summed E-state index contributed by atoms with van der Waals surface area (Å²) in [6, 6.07) is 15.6. The third-order valence-electron chi connectivity index (χ3n) is 5.07. The molecule has 0 spiro atoms. The summed E-state index contributed by atoms with van der Waals surface area (Å²) in [5.41, 5.74) is 0.244. The standard InChI is InChI=1S/C24H24F2N2O2/c1-14(2)22(28-23(29)21-19(25)12-7-13-20(21)26)24(30)27-15(3)17-11-6-9-16-8-4-5-10-18(16)17/h4-15,22H,1-3H3,(H,27,30)(H,28,29). The fraction of sp³-hybridized carbons (Fsp3) is 0.250. The Bertz CT molecular complexity index is 1060. The normalized spacial score (nSPS) is 13.1. The van der Waals surface area contributed by atoms with Crippen molar-refractivity contribution >= 4 is 22.6 Å². The summed E-state index contributed by atoms with van der Waals surface area (Å²) in [6.07, 6.45) is 0. The van der Waals surface area contributed by atoms with Crippen LogP contribution in [-0.4, -0.2) is 17.9 Å². The number of carbonyl (C=O) groups is 2. The third-order valence-corrected chi connectivity index (χ3v) is 5.07. The van der Waals surface area contributed by atoms with Gasteiger partial charge < -0.3 is 10.6 Å². The lowest BCUT2D eigenvalue weighted by Gasteiger charge is -2.25. The van der Waals surface area contributed by atoms with E-state index in [1.807, 2.05) is 49.4 Å². The number of carbonyl (C=O) groups excluding carboxylic acids is 2. The molecule has 156 valence electrons. The Kier molecular flexibility index (Phi) is 6.45. The first-order valence-corrected chi connectivity index (χ1v) is 9.82. The molecule has 0 bridgehead atoms. The minimum atomic E-state index is -0.973. The van der Waals surface area contributed by atoms with Crippen LogP contribution in [0.1, 0.15) is 42.7 Å². The molecule has 3 aromatic carbocycles. The van der Waals surface area contributed by atoms with Gasteiger partial charge in [-0.3, -0.25) is 9.59 Å². The highest BCUT2D eigenvalue weighted by Crippen LogP contribution is 2.24. The Morgan fingerprint density at radius 1 is 0.800 bits per heavy atom. The van der Waals surface area contributed by atoms with E-state index < -0.39 is 35.1 Å². The molecule has 4 nitrogen and oxygen atoms in total. The van der Waals surface area contributed by atoms with E-state index in [9.17, 15) is 18.4 Å². The summed E-state index contributed by atoms with van der Waals surface area (Å²) in [4.78, 5) is 25.4. The van der Waals surface area contributed by atoms with Crippen LogP contribution in [0.5, 0.6) is 0 Å². The fourth-order valence-corrected chi connectivity index (χ4v) is 3.47. The average Bonchev–Trinajstić information content (AvgIpc) is 2.71. The Labute approximate surface area is 174 Å². The van der Waals surface area contributed by atoms with Gasteiger partial charge >= 0.3 is 0 Å². The highest BCUT2D eigenvalue weighted by Gasteiger charge is 2.28. The van der Waals surface area contributed by atoms with Crippen molar-refractivity contribution < 1.29 is 18.4 Å². The molecule has 0 aromatic heterocycles. The lowest BCUT2D eigenvalue weighted by Crippen LogP contribution is -2.50. The Morgan fingerprint density at radius 3 is 2.07 bits per heavy atom. The maximum absolute atomic E-state index is 13.9. The lowest BCUT2D eigenvalue weighted by molar-refractivity contribution is -0.124. The van der Waals surface area contributed by atoms with Crippen LogP contribution < -0.4 is 10.6 Å². The van der Waals surface area contributed by atoms with Gasteiger partial charge in [0.2, 0.25) is 5.91 Å². The van der Waals surface area contributed by atoms with Gasteiger partial charge in [0.15, 0.2) is 0 Å². The molecule has 0 aliphatic heterocycles. The first-order valence-electron chi connectivity index (χ1n) is 9.82. The predicted octanol–water partition coefficient (Wildman–Crippen LogP) is 4.75. The van der Waals surface area contributed by atoms with Gasteiger partial charge in [-0.05, 0) is 41.3 Å². The van der Waals surface area contributed by atoms with E-state index in [0.29, 0.717) is 0 Å². The average molecular weight is 410 g/mol.